The Labute approximate surface area is 150 Å². The lowest BCUT2D eigenvalue weighted by Gasteiger charge is -2.08. The molecule has 0 radical (unpaired) electrons. The van der Waals surface area contributed by atoms with Gasteiger partial charge in [-0.3, -0.25) is 0 Å². The highest BCUT2D eigenvalue weighted by Crippen LogP contribution is 2.36. The van der Waals surface area contributed by atoms with Crippen LogP contribution in [0.15, 0.2) is 46.9 Å². The highest BCUT2D eigenvalue weighted by Gasteiger charge is 2.31. The van der Waals surface area contributed by atoms with E-state index in [1.54, 1.807) is 12.1 Å². The molecule has 0 saturated heterocycles. The Morgan fingerprint density at radius 1 is 1.08 bits per heavy atom. The molecule has 0 fully saturated rings. The molecule has 0 aliphatic rings. The Balaban J connectivity index is 1.94. The van der Waals surface area contributed by atoms with Crippen molar-refractivity contribution in [2.45, 2.75) is 6.18 Å². The summed E-state index contributed by atoms with van der Waals surface area (Å²) < 4.78 is 48.7. The van der Waals surface area contributed by atoms with Crippen molar-refractivity contribution in [1.82, 2.24) is 10.2 Å². The molecule has 0 N–H and O–H groups in total. The molecule has 3 rings (SSSR count). The van der Waals surface area contributed by atoms with Gasteiger partial charge < -0.3 is 9.15 Å². The van der Waals surface area contributed by atoms with Crippen LogP contribution < -0.4 is 0 Å². The van der Waals surface area contributed by atoms with E-state index in [2.05, 4.69) is 14.9 Å². The smallest absolute Gasteiger partial charge is 0.416 e. The summed E-state index contributed by atoms with van der Waals surface area (Å²) in [5.41, 5.74) is -0.0816. The van der Waals surface area contributed by atoms with Crippen LogP contribution in [0.2, 0.25) is 5.02 Å². The van der Waals surface area contributed by atoms with E-state index >= 15 is 0 Å². The molecule has 0 aliphatic carbocycles. The van der Waals surface area contributed by atoms with Crippen LogP contribution in [0, 0.1) is 0 Å². The van der Waals surface area contributed by atoms with Crippen molar-refractivity contribution in [3.05, 3.63) is 58.6 Å². The predicted octanol–water partition coefficient (Wildman–Crippen LogP) is 4.86. The molecule has 134 valence electrons. The summed E-state index contributed by atoms with van der Waals surface area (Å²) in [5.74, 6) is -0.573. The fourth-order valence-electron chi connectivity index (χ4n) is 2.18. The molecule has 9 heteroatoms. The molecule has 2 aromatic carbocycles. The van der Waals surface area contributed by atoms with Crippen LogP contribution in [0.3, 0.4) is 0 Å². The Bertz CT molecular complexity index is 953. The van der Waals surface area contributed by atoms with Gasteiger partial charge in [0.1, 0.15) is 0 Å². The molecule has 0 aliphatic heterocycles. The molecule has 0 spiro atoms. The molecule has 0 amide bonds. The van der Waals surface area contributed by atoms with Crippen LogP contribution in [0.1, 0.15) is 15.9 Å². The first-order valence-electron chi connectivity index (χ1n) is 7.19. The molecule has 3 aromatic rings. The van der Waals surface area contributed by atoms with Crippen molar-refractivity contribution < 1.29 is 27.1 Å². The summed E-state index contributed by atoms with van der Waals surface area (Å²) in [6.45, 7) is 0. The molecule has 0 unspecified atom stereocenters. The molecular formula is C17H10ClF3N2O3. The fraction of sp³-hybridized carbons (Fsp3) is 0.118. The third kappa shape index (κ3) is 3.55. The van der Waals surface area contributed by atoms with Crippen LogP contribution in [0.4, 0.5) is 13.2 Å². The second kappa shape index (κ2) is 6.80. The second-order valence-corrected chi connectivity index (χ2v) is 5.58. The standard InChI is InChI=1S/C17H10ClF3N2O3/c1-25-16(24)10-4-2-9(3-5-10)14-22-23-15(26-14)12-8-11(17(19,20)21)6-7-13(12)18/h2-8H,1H3. The second-order valence-electron chi connectivity index (χ2n) is 5.17. The van der Waals surface area contributed by atoms with Crippen molar-refractivity contribution in [3.63, 3.8) is 0 Å². The Morgan fingerprint density at radius 3 is 2.35 bits per heavy atom. The first-order valence-corrected chi connectivity index (χ1v) is 7.57. The zero-order chi connectivity index (χ0) is 18.9. The average Bonchev–Trinajstić information content (AvgIpc) is 3.10. The number of carbonyl (C=O) groups is 1. The zero-order valence-electron chi connectivity index (χ0n) is 13.2. The lowest BCUT2D eigenvalue weighted by molar-refractivity contribution is -0.137. The third-order valence-corrected chi connectivity index (χ3v) is 3.83. The summed E-state index contributed by atoms with van der Waals surface area (Å²) in [7, 11) is 1.26. The molecule has 26 heavy (non-hydrogen) atoms. The quantitative estimate of drug-likeness (QED) is 0.605. The molecule has 1 heterocycles. The van der Waals surface area contributed by atoms with Gasteiger partial charge in [-0.25, -0.2) is 4.79 Å². The summed E-state index contributed by atoms with van der Waals surface area (Å²) in [5, 5.41) is 7.63. The SMILES string of the molecule is COC(=O)c1ccc(-c2nnc(-c3cc(C(F)(F)F)ccc3Cl)o2)cc1. The van der Waals surface area contributed by atoms with Crippen molar-refractivity contribution in [2.75, 3.05) is 7.11 Å². The first-order chi connectivity index (χ1) is 12.3. The number of methoxy groups -OCH3 is 1. The van der Waals surface area contributed by atoms with E-state index in [1.807, 2.05) is 0 Å². The van der Waals surface area contributed by atoms with Crippen molar-refractivity contribution in [3.8, 4) is 22.9 Å². The number of benzene rings is 2. The molecular weight excluding hydrogens is 373 g/mol. The van der Waals surface area contributed by atoms with E-state index < -0.39 is 17.7 Å². The third-order valence-electron chi connectivity index (χ3n) is 3.50. The number of alkyl halides is 3. The van der Waals surface area contributed by atoms with Crippen LogP contribution in [-0.4, -0.2) is 23.3 Å². The van der Waals surface area contributed by atoms with Gasteiger partial charge in [0.2, 0.25) is 11.8 Å². The average molecular weight is 383 g/mol. The monoisotopic (exact) mass is 382 g/mol. The van der Waals surface area contributed by atoms with Crippen LogP contribution in [0.5, 0.6) is 0 Å². The maximum absolute atomic E-state index is 12.9. The topological polar surface area (TPSA) is 65.2 Å². The normalized spacial score (nSPS) is 11.4. The minimum atomic E-state index is -4.52. The highest BCUT2D eigenvalue weighted by atomic mass is 35.5. The number of hydrogen-bond acceptors (Lipinski definition) is 5. The van der Waals surface area contributed by atoms with Gasteiger partial charge in [-0.1, -0.05) is 11.6 Å². The summed E-state index contributed by atoms with van der Waals surface area (Å²) >= 11 is 5.96. The van der Waals surface area contributed by atoms with Crippen molar-refractivity contribution in [2.24, 2.45) is 0 Å². The molecule has 5 nitrogen and oxygen atoms in total. The minimum Gasteiger partial charge on any atom is -0.465 e. The zero-order valence-corrected chi connectivity index (χ0v) is 13.9. The number of halogens is 4. The highest BCUT2D eigenvalue weighted by molar-refractivity contribution is 6.33. The van der Waals surface area contributed by atoms with Gasteiger partial charge in [0.15, 0.2) is 0 Å². The predicted molar refractivity (Wildman–Crippen MR) is 86.5 cm³/mol. The number of aromatic nitrogens is 2. The number of carbonyl (C=O) groups excluding carboxylic acids is 1. The number of esters is 1. The van der Waals surface area contributed by atoms with Gasteiger partial charge in [0, 0.05) is 5.56 Å². The van der Waals surface area contributed by atoms with Crippen molar-refractivity contribution >= 4 is 17.6 Å². The molecule has 1 aromatic heterocycles. The first kappa shape index (κ1) is 17.9. The maximum Gasteiger partial charge on any atom is 0.416 e. The van der Waals surface area contributed by atoms with E-state index in [9.17, 15) is 18.0 Å². The number of ether oxygens (including phenoxy) is 1. The van der Waals surface area contributed by atoms with E-state index in [0.717, 1.165) is 18.2 Å². The minimum absolute atomic E-state index is 0.0218. The Morgan fingerprint density at radius 2 is 1.73 bits per heavy atom. The lowest BCUT2D eigenvalue weighted by atomic mass is 10.1. The molecule has 0 atom stereocenters. The van der Waals surface area contributed by atoms with Gasteiger partial charge in [0.25, 0.3) is 0 Å². The summed E-state index contributed by atoms with van der Waals surface area (Å²) in [6.07, 6.45) is -4.52. The summed E-state index contributed by atoms with van der Waals surface area (Å²) in [4.78, 5) is 11.4. The van der Waals surface area contributed by atoms with E-state index in [0.29, 0.717) is 11.1 Å². The van der Waals surface area contributed by atoms with Crippen LogP contribution >= 0.6 is 11.6 Å². The van der Waals surface area contributed by atoms with Gasteiger partial charge in [-0.05, 0) is 42.5 Å². The van der Waals surface area contributed by atoms with Gasteiger partial charge in [-0.15, -0.1) is 10.2 Å². The lowest BCUT2D eigenvalue weighted by Crippen LogP contribution is -2.04. The van der Waals surface area contributed by atoms with Gasteiger partial charge in [-0.2, -0.15) is 13.2 Å². The van der Waals surface area contributed by atoms with Gasteiger partial charge >= 0.3 is 12.1 Å². The van der Waals surface area contributed by atoms with Crippen LogP contribution in [0.25, 0.3) is 22.9 Å². The van der Waals surface area contributed by atoms with E-state index in [1.165, 1.54) is 19.2 Å². The fourth-order valence-corrected chi connectivity index (χ4v) is 2.38. The molecule has 0 bridgehead atoms. The number of nitrogens with zero attached hydrogens (tertiary/aromatic N) is 2. The summed E-state index contributed by atoms with van der Waals surface area (Å²) in [6, 6.07) is 8.95. The Kier molecular flexibility index (Phi) is 4.69. The van der Waals surface area contributed by atoms with Crippen molar-refractivity contribution in [1.29, 1.82) is 0 Å². The largest absolute Gasteiger partial charge is 0.465 e. The van der Waals surface area contributed by atoms with E-state index in [4.69, 9.17) is 16.0 Å². The Hall–Kier alpha value is -2.87. The van der Waals surface area contributed by atoms with E-state index in [-0.39, 0.29) is 22.4 Å². The van der Waals surface area contributed by atoms with Crippen LogP contribution in [-0.2, 0) is 10.9 Å². The molecule has 0 saturated carbocycles. The maximum atomic E-state index is 12.9. The van der Waals surface area contributed by atoms with Gasteiger partial charge in [0.05, 0.1) is 28.8 Å². The number of hydrogen-bond donors (Lipinski definition) is 0. The number of rotatable bonds is 3.